The molecule has 0 aromatic heterocycles. The molecule has 20 heavy (non-hydrogen) atoms. The molecule has 3 aliphatic heterocycles. The highest BCUT2D eigenvalue weighted by molar-refractivity contribution is 5.82. The molecule has 0 bridgehead atoms. The van der Waals surface area contributed by atoms with Crippen molar-refractivity contribution in [1.29, 1.82) is 0 Å². The van der Waals surface area contributed by atoms with Gasteiger partial charge in [-0.25, -0.2) is 0 Å². The number of amides is 1. The monoisotopic (exact) mass is 281 g/mol. The molecule has 2 atom stereocenters. The first-order valence-electron chi connectivity index (χ1n) is 8.19. The molecule has 3 saturated heterocycles. The highest BCUT2D eigenvalue weighted by Gasteiger charge is 2.29. The second kappa shape index (κ2) is 6.87. The molecule has 0 aromatic carbocycles. The Morgan fingerprint density at radius 1 is 1.10 bits per heavy atom. The van der Waals surface area contributed by atoms with Crippen molar-refractivity contribution in [2.75, 3.05) is 45.9 Å². The van der Waals surface area contributed by atoms with Gasteiger partial charge in [-0.3, -0.25) is 9.69 Å². The topological polar surface area (TPSA) is 44.8 Å². The first-order chi connectivity index (χ1) is 9.83. The lowest BCUT2D eigenvalue weighted by Crippen LogP contribution is -2.55. The van der Waals surface area contributed by atoms with Crippen molar-refractivity contribution < 1.29 is 9.53 Å². The van der Waals surface area contributed by atoms with Gasteiger partial charge in [-0.2, -0.15) is 0 Å². The van der Waals surface area contributed by atoms with Gasteiger partial charge in [0.1, 0.15) is 0 Å². The van der Waals surface area contributed by atoms with Crippen LogP contribution in [0, 0.1) is 0 Å². The third-order valence-corrected chi connectivity index (χ3v) is 4.78. The first-order valence-corrected chi connectivity index (χ1v) is 8.19. The highest BCUT2D eigenvalue weighted by atomic mass is 16.5. The zero-order chi connectivity index (χ0) is 13.8. The largest absolute Gasteiger partial charge is 0.377 e. The van der Waals surface area contributed by atoms with Crippen molar-refractivity contribution in [2.45, 2.75) is 44.2 Å². The molecular formula is C15H27N3O2. The summed E-state index contributed by atoms with van der Waals surface area (Å²) in [5, 5.41) is 3.36. The van der Waals surface area contributed by atoms with E-state index in [2.05, 4.69) is 15.1 Å². The van der Waals surface area contributed by atoms with E-state index in [0.717, 1.165) is 52.3 Å². The summed E-state index contributed by atoms with van der Waals surface area (Å²) in [6.07, 6.45) is 6.23. The Morgan fingerprint density at radius 2 is 1.95 bits per heavy atom. The van der Waals surface area contributed by atoms with Gasteiger partial charge in [0.25, 0.3) is 0 Å². The van der Waals surface area contributed by atoms with E-state index in [4.69, 9.17) is 4.74 Å². The molecule has 114 valence electrons. The van der Waals surface area contributed by atoms with E-state index in [9.17, 15) is 4.79 Å². The van der Waals surface area contributed by atoms with E-state index in [-0.39, 0.29) is 6.04 Å². The minimum absolute atomic E-state index is 0.0773. The van der Waals surface area contributed by atoms with Crippen LogP contribution in [0.4, 0.5) is 0 Å². The molecule has 0 aliphatic carbocycles. The van der Waals surface area contributed by atoms with E-state index in [1.54, 1.807) is 0 Å². The third kappa shape index (κ3) is 3.51. The molecule has 1 unspecified atom stereocenters. The Labute approximate surface area is 121 Å². The van der Waals surface area contributed by atoms with Crippen LogP contribution in [-0.4, -0.2) is 73.7 Å². The maximum Gasteiger partial charge on any atom is 0.239 e. The summed E-state index contributed by atoms with van der Waals surface area (Å²) in [5.74, 6) is 0.321. The Bertz CT molecular complexity index is 317. The number of rotatable bonds is 3. The molecule has 3 heterocycles. The van der Waals surface area contributed by atoms with Crippen LogP contribution in [0.3, 0.4) is 0 Å². The summed E-state index contributed by atoms with van der Waals surface area (Å²) >= 11 is 0. The highest BCUT2D eigenvalue weighted by Crippen LogP contribution is 2.15. The zero-order valence-electron chi connectivity index (χ0n) is 12.4. The quantitative estimate of drug-likeness (QED) is 0.816. The van der Waals surface area contributed by atoms with Gasteiger partial charge in [0.05, 0.1) is 12.1 Å². The number of piperazine rings is 1. The zero-order valence-corrected chi connectivity index (χ0v) is 12.4. The predicted octanol–water partition coefficient (Wildman–Crippen LogP) is 0.452. The van der Waals surface area contributed by atoms with Crippen molar-refractivity contribution in [3.05, 3.63) is 0 Å². The second-order valence-corrected chi connectivity index (χ2v) is 6.26. The van der Waals surface area contributed by atoms with Crippen LogP contribution in [-0.2, 0) is 9.53 Å². The van der Waals surface area contributed by atoms with Gasteiger partial charge in [-0.15, -0.1) is 0 Å². The average Bonchev–Trinajstić information content (AvgIpc) is 3.01. The molecule has 1 N–H and O–H groups in total. The molecule has 5 heteroatoms. The summed E-state index contributed by atoms with van der Waals surface area (Å²) in [6.45, 7) is 6.72. The molecule has 3 fully saturated rings. The van der Waals surface area contributed by atoms with Crippen LogP contribution in [0.2, 0.25) is 0 Å². The molecule has 0 spiro atoms. The lowest BCUT2D eigenvalue weighted by molar-refractivity contribution is -0.136. The van der Waals surface area contributed by atoms with E-state index < -0.39 is 0 Å². The number of hydrogen-bond acceptors (Lipinski definition) is 4. The van der Waals surface area contributed by atoms with Crippen LogP contribution in [0.5, 0.6) is 0 Å². The van der Waals surface area contributed by atoms with Crippen molar-refractivity contribution in [3.63, 3.8) is 0 Å². The Balaban J connectivity index is 1.41. The third-order valence-electron chi connectivity index (χ3n) is 4.78. The van der Waals surface area contributed by atoms with Crippen molar-refractivity contribution >= 4 is 5.91 Å². The number of carbonyl (C=O) groups is 1. The molecule has 3 rings (SSSR count). The fourth-order valence-corrected chi connectivity index (χ4v) is 3.51. The lowest BCUT2D eigenvalue weighted by atomic mass is 10.0. The Hall–Kier alpha value is -0.650. The number of nitrogens with zero attached hydrogens (tertiary/aromatic N) is 2. The molecule has 3 aliphatic rings. The van der Waals surface area contributed by atoms with Crippen LogP contribution in [0.1, 0.15) is 32.1 Å². The van der Waals surface area contributed by atoms with Crippen LogP contribution in [0.25, 0.3) is 0 Å². The smallest absolute Gasteiger partial charge is 0.239 e. The van der Waals surface area contributed by atoms with Gasteiger partial charge in [0.2, 0.25) is 5.91 Å². The van der Waals surface area contributed by atoms with E-state index in [0.29, 0.717) is 12.0 Å². The molecule has 5 nitrogen and oxygen atoms in total. The van der Waals surface area contributed by atoms with Gasteiger partial charge >= 0.3 is 0 Å². The Morgan fingerprint density at radius 3 is 2.60 bits per heavy atom. The van der Waals surface area contributed by atoms with Gasteiger partial charge in [-0.1, -0.05) is 6.42 Å². The standard InChI is InChI=1S/C15H27N3O2/c19-15(14-5-1-2-6-16-14)18-9-7-17(8-10-18)12-13-4-3-11-20-13/h13-14,16H,1-12H2/t13?,14-/m0/s1. The van der Waals surface area contributed by atoms with Gasteiger partial charge < -0.3 is 15.0 Å². The van der Waals surface area contributed by atoms with Crippen molar-refractivity contribution in [2.24, 2.45) is 0 Å². The molecular weight excluding hydrogens is 254 g/mol. The van der Waals surface area contributed by atoms with E-state index in [1.807, 2.05) is 0 Å². The summed E-state index contributed by atoms with van der Waals surface area (Å²) in [7, 11) is 0. The second-order valence-electron chi connectivity index (χ2n) is 6.26. The SMILES string of the molecule is O=C([C@@H]1CCCCN1)N1CCN(CC2CCCO2)CC1. The summed E-state index contributed by atoms with van der Waals surface area (Å²) < 4.78 is 5.69. The van der Waals surface area contributed by atoms with Crippen LogP contribution in [0.15, 0.2) is 0 Å². The van der Waals surface area contributed by atoms with E-state index >= 15 is 0 Å². The summed E-state index contributed by atoms with van der Waals surface area (Å²) in [4.78, 5) is 16.9. The van der Waals surface area contributed by atoms with Gasteiger partial charge in [-0.05, 0) is 32.2 Å². The van der Waals surface area contributed by atoms with Crippen LogP contribution < -0.4 is 5.32 Å². The number of nitrogens with one attached hydrogen (secondary N) is 1. The van der Waals surface area contributed by atoms with Gasteiger partial charge in [0.15, 0.2) is 0 Å². The number of piperidine rings is 1. The number of hydrogen-bond donors (Lipinski definition) is 1. The Kier molecular flexibility index (Phi) is 4.91. The number of ether oxygens (including phenoxy) is 1. The minimum Gasteiger partial charge on any atom is -0.377 e. The fourth-order valence-electron chi connectivity index (χ4n) is 3.51. The lowest BCUT2D eigenvalue weighted by Gasteiger charge is -2.38. The normalized spacial score (nSPS) is 32.5. The maximum atomic E-state index is 12.4. The maximum absolute atomic E-state index is 12.4. The van der Waals surface area contributed by atoms with Crippen LogP contribution >= 0.6 is 0 Å². The average molecular weight is 281 g/mol. The van der Waals surface area contributed by atoms with E-state index in [1.165, 1.54) is 25.7 Å². The summed E-state index contributed by atoms with van der Waals surface area (Å²) in [6, 6.07) is 0.0773. The molecule has 0 aromatic rings. The molecule has 0 saturated carbocycles. The number of carbonyl (C=O) groups excluding carboxylic acids is 1. The first kappa shape index (κ1) is 14.3. The molecule has 1 amide bonds. The predicted molar refractivity (Wildman–Crippen MR) is 77.6 cm³/mol. The fraction of sp³-hybridized carbons (Fsp3) is 0.933. The minimum atomic E-state index is 0.0773. The summed E-state index contributed by atoms with van der Waals surface area (Å²) in [5.41, 5.74) is 0. The van der Waals surface area contributed by atoms with Crippen molar-refractivity contribution in [1.82, 2.24) is 15.1 Å². The van der Waals surface area contributed by atoms with Crippen molar-refractivity contribution in [3.8, 4) is 0 Å². The van der Waals surface area contributed by atoms with Gasteiger partial charge in [0, 0.05) is 39.3 Å². The molecule has 0 radical (unpaired) electrons.